The Bertz CT molecular complexity index is 355. The van der Waals surface area contributed by atoms with Crippen molar-refractivity contribution in [1.29, 1.82) is 0 Å². The molecule has 1 rings (SSSR count). The number of amides is 1. The van der Waals surface area contributed by atoms with Gasteiger partial charge in [0.1, 0.15) is 5.82 Å². The Hall–Kier alpha value is -1.42. The Morgan fingerprint density at radius 1 is 1.50 bits per heavy atom. The first kappa shape index (κ1) is 12.6. The lowest BCUT2D eigenvalue weighted by atomic mass is 10.2. The quantitative estimate of drug-likeness (QED) is 0.794. The maximum Gasteiger partial charge on any atom is 0.221 e. The highest BCUT2D eigenvalue weighted by molar-refractivity contribution is 5.76. The number of hydrogen-bond donors (Lipinski definition) is 2. The maximum atomic E-state index is 12.8. The van der Waals surface area contributed by atoms with E-state index in [2.05, 4.69) is 10.6 Å². The summed E-state index contributed by atoms with van der Waals surface area (Å²) in [5, 5.41) is 5.73. The van der Waals surface area contributed by atoms with Gasteiger partial charge in [-0.3, -0.25) is 4.79 Å². The fraction of sp³-hybridized carbons (Fsp3) is 0.417. The van der Waals surface area contributed by atoms with Gasteiger partial charge in [-0.05, 0) is 31.7 Å². The molecule has 1 atom stereocenters. The van der Waals surface area contributed by atoms with Crippen LogP contribution >= 0.6 is 0 Å². The molecule has 0 fully saturated rings. The third-order valence-corrected chi connectivity index (χ3v) is 2.36. The Kier molecular flexibility index (Phi) is 4.92. The van der Waals surface area contributed by atoms with Crippen LogP contribution in [0.3, 0.4) is 0 Å². The van der Waals surface area contributed by atoms with Crippen LogP contribution in [0.4, 0.5) is 4.39 Å². The van der Waals surface area contributed by atoms with E-state index in [0.29, 0.717) is 13.0 Å². The monoisotopic (exact) mass is 224 g/mol. The van der Waals surface area contributed by atoms with Crippen molar-refractivity contribution in [3.63, 3.8) is 0 Å². The number of carbonyl (C=O) groups is 1. The fourth-order valence-electron chi connectivity index (χ4n) is 1.30. The summed E-state index contributed by atoms with van der Waals surface area (Å²) in [7, 11) is 1.81. The number of hydrogen-bond acceptors (Lipinski definition) is 2. The molecule has 0 spiro atoms. The second kappa shape index (κ2) is 6.23. The van der Waals surface area contributed by atoms with Crippen molar-refractivity contribution in [2.75, 3.05) is 7.05 Å². The summed E-state index contributed by atoms with van der Waals surface area (Å²) in [6.45, 7) is 2.30. The smallest absolute Gasteiger partial charge is 0.221 e. The van der Waals surface area contributed by atoms with Gasteiger partial charge >= 0.3 is 0 Å². The molecule has 0 aliphatic heterocycles. The number of halogens is 1. The van der Waals surface area contributed by atoms with Crippen LogP contribution in [0.25, 0.3) is 0 Å². The van der Waals surface area contributed by atoms with E-state index < -0.39 is 0 Å². The largest absolute Gasteiger partial charge is 0.352 e. The highest BCUT2D eigenvalue weighted by Crippen LogP contribution is 2.03. The molecule has 4 heteroatoms. The zero-order valence-electron chi connectivity index (χ0n) is 9.59. The van der Waals surface area contributed by atoms with E-state index in [1.807, 2.05) is 14.0 Å². The number of benzene rings is 1. The summed E-state index contributed by atoms with van der Waals surface area (Å²) in [6.07, 6.45) is 0.422. The molecule has 0 saturated heterocycles. The van der Waals surface area contributed by atoms with Crippen LogP contribution in [0.15, 0.2) is 24.3 Å². The first-order chi connectivity index (χ1) is 7.61. The molecule has 88 valence electrons. The van der Waals surface area contributed by atoms with E-state index >= 15 is 0 Å². The average molecular weight is 224 g/mol. The van der Waals surface area contributed by atoms with Gasteiger partial charge in [0.05, 0.1) is 0 Å². The first-order valence-corrected chi connectivity index (χ1v) is 5.30. The number of carbonyl (C=O) groups excluding carboxylic acids is 1. The number of nitrogens with one attached hydrogen (secondary N) is 2. The molecule has 0 radical (unpaired) electrons. The summed E-state index contributed by atoms with van der Waals surface area (Å²) >= 11 is 0. The minimum absolute atomic E-state index is 0.0360. The topological polar surface area (TPSA) is 41.1 Å². The molecule has 0 saturated carbocycles. The fourth-order valence-corrected chi connectivity index (χ4v) is 1.30. The molecule has 0 aromatic heterocycles. The van der Waals surface area contributed by atoms with Crippen molar-refractivity contribution in [2.24, 2.45) is 0 Å². The van der Waals surface area contributed by atoms with Crippen molar-refractivity contribution in [1.82, 2.24) is 10.6 Å². The molecular weight excluding hydrogens is 207 g/mol. The van der Waals surface area contributed by atoms with Gasteiger partial charge in [-0.2, -0.15) is 0 Å². The summed E-state index contributed by atoms with van der Waals surface area (Å²) in [6, 6.07) is 6.36. The van der Waals surface area contributed by atoms with Crippen LogP contribution in [0.5, 0.6) is 0 Å². The van der Waals surface area contributed by atoms with Crippen molar-refractivity contribution in [3.8, 4) is 0 Å². The third-order valence-electron chi connectivity index (χ3n) is 2.36. The van der Waals surface area contributed by atoms with Crippen LogP contribution in [0, 0.1) is 5.82 Å². The Labute approximate surface area is 95.0 Å². The van der Waals surface area contributed by atoms with E-state index in [9.17, 15) is 9.18 Å². The molecular formula is C12H17FN2O. The molecule has 0 heterocycles. The zero-order chi connectivity index (χ0) is 12.0. The summed E-state index contributed by atoms with van der Waals surface area (Å²) in [5.41, 5.74) is 0.769. The Balaban J connectivity index is 2.37. The molecule has 1 aromatic rings. The standard InChI is InChI=1S/C12H17FN2O/c1-9(14-2)6-12(16)15-8-10-4-3-5-11(13)7-10/h3-5,7,9,14H,6,8H2,1-2H3,(H,15,16). The van der Waals surface area contributed by atoms with Gasteiger partial charge in [-0.25, -0.2) is 4.39 Å². The van der Waals surface area contributed by atoms with E-state index in [0.717, 1.165) is 5.56 Å². The minimum Gasteiger partial charge on any atom is -0.352 e. The van der Waals surface area contributed by atoms with Gasteiger partial charge in [-0.15, -0.1) is 0 Å². The maximum absolute atomic E-state index is 12.8. The van der Waals surface area contributed by atoms with Gasteiger partial charge < -0.3 is 10.6 Å². The Morgan fingerprint density at radius 2 is 2.25 bits per heavy atom. The molecule has 1 amide bonds. The second-order valence-corrected chi connectivity index (χ2v) is 3.80. The molecule has 16 heavy (non-hydrogen) atoms. The van der Waals surface area contributed by atoms with Crippen molar-refractivity contribution < 1.29 is 9.18 Å². The molecule has 3 nitrogen and oxygen atoms in total. The third kappa shape index (κ3) is 4.40. The molecule has 0 bridgehead atoms. The summed E-state index contributed by atoms with van der Waals surface area (Å²) in [4.78, 5) is 11.4. The van der Waals surface area contributed by atoms with E-state index in [1.165, 1.54) is 12.1 Å². The Morgan fingerprint density at radius 3 is 2.88 bits per heavy atom. The molecule has 2 N–H and O–H groups in total. The molecule has 0 aliphatic rings. The molecule has 1 aromatic carbocycles. The normalized spacial score (nSPS) is 12.2. The summed E-state index contributed by atoms with van der Waals surface area (Å²) < 4.78 is 12.8. The lowest BCUT2D eigenvalue weighted by molar-refractivity contribution is -0.121. The number of rotatable bonds is 5. The van der Waals surface area contributed by atoms with Crippen molar-refractivity contribution >= 4 is 5.91 Å². The van der Waals surface area contributed by atoms with E-state index in [1.54, 1.807) is 12.1 Å². The van der Waals surface area contributed by atoms with Gasteiger partial charge in [-0.1, -0.05) is 12.1 Å². The van der Waals surface area contributed by atoms with Gasteiger partial charge in [0, 0.05) is 19.0 Å². The highest BCUT2D eigenvalue weighted by Gasteiger charge is 2.06. The molecule has 0 aliphatic carbocycles. The van der Waals surface area contributed by atoms with Gasteiger partial charge in [0.2, 0.25) is 5.91 Å². The predicted octanol–water partition coefficient (Wildman–Crippen LogP) is 1.44. The zero-order valence-corrected chi connectivity index (χ0v) is 9.59. The van der Waals surface area contributed by atoms with Crippen LogP contribution in [0.2, 0.25) is 0 Å². The van der Waals surface area contributed by atoms with Gasteiger partial charge in [0.25, 0.3) is 0 Å². The minimum atomic E-state index is -0.282. The average Bonchev–Trinajstić information content (AvgIpc) is 2.26. The van der Waals surface area contributed by atoms with Crippen LogP contribution in [-0.4, -0.2) is 19.0 Å². The first-order valence-electron chi connectivity index (χ1n) is 5.30. The van der Waals surface area contributed by atoms with Crippen molar-refractivity contribution in [2.45, 2.75) is 25.9 Å². The second-order valence-electron chi connectivity index (χ2n) is 3.80. The lowest BCUT2D eigenvalue weighted by Gasteiger charge is -2.10. The van der Waals surface area contributed by atoms with Gasteiger partial charge in [0.15, 0.2) is 0 Å². The van der Waals surface area contributed by atoms with E-state index in [4.69, 9.17) is 0 Å². The van der Waals surface area contributed by atoms with Crippen LogP contribution in [-0.2, 0) is 11.3 Å². The highest BCUT2D eigenvalue weighted by atomic mass is 19.1. The molecule has 1 unspecified atom stereocenters. The van der Waals surface area contributed by atoms with Crippen LogP contribution < -0.4 is 10.6 Å². The van der Waals surface area contributed by atoms with Crippen LogP contribution in [0.1, 0.15) is 18.9 Å². The summed E-state index contributed by atoms with van der Waals surface area (Å²) in [5.74, 6) is -0.318. The SMILES string of the molecule is CNC(C)CC(=O)NCc1cccc(F)c1. The van der Waals surface area contributed by atoms with E-state index in [-0.39, 0.29) is 17.8 Å². The predicted molar refractivity (Wildman–Crippen MR) is 61.4 cm³/mol. The lowest BCUT2D eigenvalue weighted by Crippen LogP contribution is -2.31. The van der Waals surface area contributed by atoms with Crippen molar-refractivity contribution in [3.05, 3.63) is 35.6 Å².